The van der Waals surface area contributed by atoms with Gasteiger partial charge in [0.05, 0.1) is 18.4 Å². The van der Waals surface area contributed by atoms with E-state index in [2.05, 4.69) is 10.4 Å². The number of aromatic nitrogens is 2. The van der Waals surface area contributed by atoms with Crippen LogP contribution >= 0.6 is 0 Å². The Bertz CT molecular complexity index is 1050. The summed E-state index contributed by atoms with van der Waals surface area (Å²) in [6, 6.07) is 11.8. The van der Waals surface area contributed by atoms with Gasteiger partial charge in [-0.15, -0.1) is 0 Å². The van der Waals surface area contributed by atoms with Gasteiger partial charge in [0.15, 0.2) is 5.69 Å². The molecule has 0 radical (unpaired) electrons. The van der Waals surface area contributed by atoms with Gasteiger partial charge in [-0.3, -0.25) is 4.79 Å². The van der Waals surface area contributed by atoms with Gasteiger partial charge in [0.1, 0.15) is 17.3 Å². The van der Waals surface area contributed by atoms with E-state index in [0.29, 0.717) is 22.6 Å². The highest BCUT2D eigenvalue weighted by Crippen LogP contribution is 2.34. The van der Waals surface area contributed by atoms with E-state index >= 15 is 0 Å². The highest BCUT2D eigenvalue weighted by molar-refractivity contribution is 5.95. The normalized spacial score (nSPS) is 11.4. The highest BCUT2D eigenvalue weighted by atomic mass is 19.4. The summed E-state index contributed by atoms with van der Waals surface area (Å²) in [5.74, 6) is -1.24. The molecule has 1 amide bonds. The summed E-state index contributed by atoms with van der Waals surface area (Å²) in [6.07, 6.45) is -2.25. The number of halogens is 4. The van der Waals surface area contributed by atoms with Crippen LogP contribution in [0.25, 0.3) is 5.69 Å². The molecule has 0 atom stereocenters. The number of para-hydroxylation sites is 1. The van der Waals surface area contributed by atoms with Gasteiger partial charge in [-0.05, 0) is 36.2 Å². The first-order valence-corrected chi connectivity index (χ1v) is 9.71. The maximum absolute atomic E-state index is 14.0. The SMILES string of the molecule is CCCCOc1cccc(CNC(=O)c2cnn(-c3ccccc3F)c2C(F)(F)F)c1. The first-order chi connectivity index (χ1) is 14.8. The predicted molar refractivity (Wildman–Crippen MR) is 107 cm³/mol. The van der Waals surface area contributed by atoms with Crippen LogP contribution in [0.5, 0.6) is 5.75 Å². The molecule has 0 saturated carbocycles. The topological polar surface area (TPSA) is 56.1 Å². The van der Waals surface area contributed by atoms with Crippen LogP contribution in [0.15, 0.2) is 54.7 Å². The molecule has 3 rings (SSSR count). The standard InChI is InChI=1S/C22H21F4N3O2/c1-2-3-11-31-16-8-6-7-15(12-16)13-27-21(30)17-14-28-29(20(17)22(24,25)26)19-10-5-4-9-18(19)23/h4-10,12,14H,2-3,11,13H2,1H3,(H,27,30). The van der Waals surface area contributed by atoms with Crippen LogP contribution < -0.4 is 10.1 Å². The quantitative estimate of drug-likeness (QED) is 0.394. The second kappa shape index (κ2) is 9.63. The summed E-state index contributed by atoms with van der Waals surface area (Å²) in [7, 11) is 0. The molecule has 164 valence electrons. The summed E-state index contributed by atoms with van der Waals surface area (Å²) in [5.41, 5.74) is -1.76. The smallest absolute Gasteiger partial charge is 0.434 e. The summed E-state index contributed by atoms with van der Waals surface area (Å²) in [6.45, 7) is 2.58. The van der Waals surface area contributed by atoms with Gasteiger partial charge in [-0.2, -0.15) is 18.3 Å². The van der Waals surface area contributed by atoms with Crippen molar-refractivity contribution in [2.24, 2.45) is 0 Å². The Labute approximate surface area is 176 Å². The number of hydrogen-bond acceptors (Lipinski definition) is 3. The number of carbonyl (C=O) groups excluding carboxylic acids is 1. The molecule has 2 aromatic carbocycles. The number of hydrogen-bond donors (Lipinski definition) is 1. The van der Waals surface area contributed by atoms with E-state index in [1.54, 1.807) is 24.3 Å². The van der Waals surface area contributed by atoms with E-state index in [4.69, 9.17) is 4.74 Å². The van der Waals surface area contributed by atoms with Crippen LogP contribution in [0.1, 0.15) is 41.4 Å². The largest absolute Gasteiger partial charge is 0.494 e. The number of unbranched alkanes of at least 4 members (excludes halogenated alkanes) is 1. The highest BCUT2D eigenvalue weighted by Gasteiger charge is 2.41. The lowest BCUT2D eigenvalue weighted by Crippen LogP contribution is -2.26. The minimum atomic E-state index is -4.92. The third kappa shape index (κ3) is 5.42. The van der Waals surface area contributed by atoms with Crippen molar-refractivity contribution in [3.63, 3.8) is 0 Å². The van der Waals surface area contributed by atoms with Gasteiger partial charge in [-0.1, -0.05) is 37.6 Å². The van der Waals surface area contributed by atoms with Crippen molar-refractivity contribution in [2.45, 2.75) is 32.5 Å². The van der Waals surface area contributed by atoms with Crippen molar-refractivity contribution >= 4 is 5.91 Å². The summed E-state index contributed by atoms with van der Waals surface area (Å²) in [4.78, 5) is 12.5. The number of carbonyl (C=O) groups is 1. The Morgan fingerprint density at radius 2 is 1.94 bits per heavy atom. The Balaban J connectivity index is 1.80. The Morgan fingerprint density at radius 1 is 1.16 bits per heavy atom. The third-order valence-electron chi connectivity index (χ3n) is 4.48. The molecule has 5 nitrogen and oxygen atoms in total. The first kappa shape index (κ1) is 22.3. The molecule has 31 heavy (non-hydrogen) atoms. The van der Waals surface area contributed by atoms with Gasteiger partial charge in [0, 0.05) is 6.54 Å². The predicted octanol–water partition coefficient (Wildman–Crippen LogP) is 5.14. The Hall–Kier alpha value is -3.36. The molecule has 0 fully saturated rings. The van der Waals surface area contributed by atoms with E-state index in [9.17, 15) is 22.4 Å². The number of alkyl halides is 3. The molecule has 0 unspecified atom stereocenters. The van der Waals surface area contributed by atoms with Gasteiger partial charge in [0.25, 0.3) is 5.91 Å². The van der Waals surface area contributed by atoms with Crippen molar-refractivity contribution < 1.29 is 27.1 Å². The number of nitrogens with zero attached hydrogens (tertiary/aromatic N) is 2. The third-order valence-corrected chi connectivity index (χ3v) is 4.48. The monoisotopic (exact) mass is 435 g/mol. The molecule has 3 aromatic rings. The van der Waals surface area contributed by atoms with Crippen LogP contribution in [0.4, 0.5) is 17.6 Å². The Kier molecular flexibility index (Phi) is 6.94. The zero-order valence-electron chi connectivity index (χ0n) is 16.7. The van der Waals surface area contributed by atoms with Crippen LogP contribution in [0.2, 0.25) is 0 Å². The molecule has 0 bridgehead atoms. The van der Waals surface area contributed by atoms with E-state index in [-0.39, 0.29) is 6.54 Å². The van der Waals surface area contributed by atoms with Gasteiger partial charge in [0.2, 0.25) is 0 Å². The van der Waals surface area contributed by atoms with Crippen molar-refractivity contribution in [2.75, 3.05) is 6.61 Å². The molecule has 1 heterocycles. The average Bonchev–Trinajstić information content (AvgIpc) is 3.18. The molecule has 9 heteroatoms. The lowest BCUT2D eigenvalue weighted by molar-refractivity contribution is -0.143. The Morgan fingerprint density at radius 3 is 2.65 bits per heavy atom. The number of nitrogens with one attached hydrogen (secondary N) is 1. The fraction of sp³-hybridized carbons (Fsp3) is 0.273. The van der Waals surface area contributed by atoms with E-state index in [0.717, 1.165) is 31.2 Å². The zero-order chi connectivity index (χ0) is 22.4. The van der Waals surface area contributed by atoms with Crippen molar-refractivity contribution in [1.29, 1.82) is 0 Å². The first-order valence-electron chi connectivity index (χ1n) is 9.71. The summed E-state index contributed by atoms with van der Waals surface area (Å²) >= 11 is 0. The van der Waals surface area contributed by atoms with E-state index in [1.807, 2.05) is 6.92 Å². The second-order valence-electron chi connectivity index (χ2n) is 6.80. The lowest BCUT2D eigenvalue weighted by atomic mass is 10.2. The van der Waals surface area contributed by atoms with Gasteiger partial charge in [-0.25, -0.2) is 9.07 Å². The van der Waals surface area contributed by atoms with Crippen LogP contribution in [0.3, 0.4) is 0 Å². The van der Waals surface area contributed by atoms with Crippen molar-refractivity contribution in [1.82, 2.24) is 15.1 Å². The van der Waals surface area contributed by atoms with Crippen molar-refractivity contribution in [3.8, 4) is 11.4 Å². The molecule has 0 aliphatic carbocycles. The number of amides is 1. The molecule has 0 aliphatic rings. The lowest BCUT2D eigenvalue weighted by Gasteiger charge is -2.13. The van der Waals surface area contributed by atoms with Crippen LogP contribution in [-0.4, -0.2) is 22.3 Å². The fourth-order valence-corrected chi connectivity index (χ4v) is 2.95. The molecule has 0 aliphatic heterocycles. The van der Waals surface area contributed by atoms with E-state index < -0.39 is 34.8 Å². The number of rotatable bonds is 8. The van der Waals surface area contributed by atoms with Gasteiger partial charge < -0.3 is 10.1 Å². The average molecular weight is 435 g/mol. The molecular formula is C22H21F4N3O2. The van der Waals surface area contributed by atoms with Crippen LogP contribution in [-0.2, 0) is 12.7 Å². The number of ether oxygens (including phenoxy) is 1. The second-order valence-corrected chi connectivity index (χ2v) is 6.80. The molecule has 0 spiro atoms. The minimum absolute atomic E-state index is 0.00795. The molecular weight excluding hydrogens is 414 g/mol. The summed E-state index contributed by atoms with van der Waals surface area (Å²) < 4.78 is 61.1. The minimum Gasteiger partial charge on any atom is -0.494 e. The maximum Gasteiger partial charge on any atom is 0.434 e. The number of benzene rings is 2. The maximum atomic E-state index is 14.0. The van der Waals surface area contributed by atoms with E-state index in [1.165, 1.54) is 12.1 Å². The molecule has 1 N–H and O–H groups in total. The fourth-order valence-electron chi connectivity index (χ4n) is 2.95. The van der Waals surface area contributed by atoms with Crippen LogP contribution in [0, 0.1) is 5.82 Å². The summed E-state index contributed by atoms with van der Waals surface area (Å²) in [5, 5.41) is 6.08. The van der Waals surface area contributed by atoms with Crippen molar-refractivity contribution in [3.05, 3.63) is 77.4 Å². The molecule has 0 saturated heterocycles. The zero-order valence-corrected chi connectivity index (χ0v) is 16.7. The molecule has 1 aromatic heterocycles. The van der Waals surface area contributed by atoms with Gasteiger partial charge >= 0.3 is 6.18 Å².